The summed E-state index contributed by atoms with van der Waals surface area (Å²) in [5.74, 6) is 0.449. The Morgan fingerprint density at radius 2 is 2.10 bits per heavy atom. The second-order valence-corrected chi connectivity index (χ2v) is 4.55. The topological polar surface area (TPSA) is 49.9 Å². The van der Waals surface area contributed by atoms with Crippen LogP contribution in [-0.2, 0) is 0 Å². The number of carbonyl (C=O) groups excluding carboxylic acids is 2. The van der Waals surface area contributed by atoms with Crippen molar-refractivity contribution in [3.8, 4) is 5.75 Å². The molecule has 2 aliphatic rings. The van der Waals surface area contributed by atoms with Gasteiger partial charge in [0.15, 0.2) is 5.81 Å². The maximum absolute atomic E-state index is 12.1. The fourth-order valence-corrected chi connectivity index (χ4v) is 2.26. The second-order valence-electron chi connectivity index (χ2n) is 4.55. The van der Waals surface area contributed by atoms with Gasteiger partial charge in [-0.3, -0.25) is 14.6 Å². The summed E-state index contributed by atoms with van der Waals surface area (Å²) in [6.07, 6.45) is 3.67. The molecule has 1 aromatic rings. The van der Waals surface area contributed by atoms with Gasteiger partial charge in [0, 0.05) is 30.4 Å². The summed E-state index contributed by atoms with van der Waals surface area (Å²) < 4.78 is 5.52. The lowest BCUT2D eigenvalue weighted by Gasteiger charge is -2.20. The Balaban J connectivity index is 1.91. The lowest BCUT2D eigenvalue weighted by molar-refractivity contribution is 0.214. The van der Waals surface area contributed by atoms with E-state index in [0.717, 1.165) is 10.5 Å². The number of rotatable bonds is 1. The van der Waals surface area contributed by atoms with Gasteiger partial charge in [0.2, 0.25) is 7.85 Å². The van der Waals surface area contributed by atoms with Crippen LogP contribution in [0.1, 0.15) is 5.56 Å². The average molecular weight is 266 g/mol. The molecule has 1 fully saturated rings. The van der Waals surface area contributed by atoms with Crippen molar-refractivity contribution >= 4 is 31.4 Å². The third kappa shape index (κ3) is 1.99. The molecule has 1 saturated heterocycles. The van der Waals surface area contributed by atoms with E-state index in [2.05, 4.69) is 6.58 Å². The Morgan fingerprint density at radius 3 is 2.80 bits per heavy atom. The van der Waals surface area contributed by atoms with E-state index in [9.17, 15) is 9.59 Å². The third-order valence-electron chi connectivity index (χ3n) is 3.27. The molecule has 3 rings (SSSR count). The number of ether oxygens (including phenoxy) is 1. The molecule has 0 saturated carbocycles. The van der Waals surface area contributed by atoms with Crippen LogP contribution < -0.4 is 9.64 Å². The van der Waals surface area contributed by atoms with Crippen LogP contribution in [0.4, 0.5) is 15.3 Å². The summed E-state index contributed by atoms with van der Waals surface area (Å²) >= 11 is 0. The molecule has 20 heavy (non-hydrogen) atoms. The van der Waals surface area contributed by atoms with Crippen LogP contribution in [-0.4, -0.2) is 37.7 Å². The lowest BCUT2D eigenvalue weighted by Crippen LogP contribution is -2.35. The van der Waals surface area contributed by atoms with Gasteiger partial charge in [-0.1, -0.05) is 6.58 Å². The average Bonchev–Trinajstić information content (AvgIpc) is 2.80. The van der Waals surface area contributed by atoms with Crippen molar-refractivity contribution in [2.75, 3.05) is 18.0 Å². The van der Waals surface area contributed by atoms with E-state index in [0.29, 0.717) is 30.3 Å². The van der Waals surface area contributed by atoms with Crippen molar-refractivity contribution in [1.82, 2.24) is 4.90 Å². The summed E-state index contributed by atoms with van der Waals surface area (Å²) in [5.41, 5.74) is 1.58. The van der Waals surface area contributed by atoms with Gasteiger partial charge < -0.3 is 4.74 Å². The molecule has 0 aliphatic carbocycles. The van der Waals surface area contributed by atoms with Crippen LogP contribution in [0.3, 0.4) is 0 Å². The van der Waals surface area contributed by atoms with Gasteiger partial charge in [0.1, 0.15) is 11.5 Å². The summed E-state index contributed by atoms with van der Waals surface area (Å²) in [5, 5.41) is 0. The predicted molar refractivity (Wildman–Crippen MR) is 75.8 cm³/mol. The highest BCUT2D eigenvalue weighted by atomic mass is 16.5. The summed E-state index contributed by atoms with van der Waals surface area (Å²) in [7, 11) is 5.15. The smallest absolute Gasteiger partial charge is 0.330 e. The Hall–Kier alpha value is -2.50. The molecule has 3 amide bonds. The highest BCUT2D eigenvalue weighted by molar-refractivity contribution is 6.58. The van der Waals surface area contributed by atoms with E-state index in [1.165, 1.54) is 4.90 Å². The normalized spacial score (nSPS) is 17.2. The molecule has 98 valence electrons. The molecule has 0 N–H and O–H groups in total. The van der Waals surface area contributed by atoms with Gasteiger partial charge in [-0.2, -0.15) is 0 Å². The summed E-state index contributed by atoms with van der Waals surface area (Å²) in [4.78, 5) is 25.7. The fraction of sp³-hybridized carbons (Fsp3) is 0.143. The molecule has 0 unspecified atom stereocenters. The van der Waals surface area contributed by atoms with E-state index in [4.69, 9.17) is 12.6 Å². The molecular weight excluding hydrogens is 255 g/mol. The number of nitrogens with zero attached hydrogens (tertiary/aromatic N) is 2. The van der Waals surface area contributed by atoms with Gasteiger partial charge in [-0.05, 0) is 24.3 Å². The molecule has 6 heteroatoms. The minimum Gasteiger partial charge on any atom is -0.457 e. The van der Waals surface area contributed by atoms with E-state index in [1.54, 1.807) is 12.1 Å². The number of hydrogen-bond acceptors (Lipinski definition) is 3. The summed E-state index contributed by atoms with van der Waals surface area (Å²) in [6, 6.07) is 5.01. The van der Waals surface area contributed by atoms with Gasteiger partial charge in [-0.15, -0.1) is 0 Å². The van der Waals surface area contributed by atoms with Crippen molar-refractivity contribution in [3.63, 3.8) is 0 Å². The Morgan fingerprint density at radius 1 is 1.30 bits per heavy atom. The van der Waals surface area contributed by atoms with E-state index >= 15 is 0 Å². The Labute approximate surface area is 117 Å². The molecule has 2 aliphatic heterocycles. The Bertz CT molecular complexity index is 654. The molecule has 0 bridgehead atoms. The lowest BCUT2D eigenvalue weighted by atomic mass is 10.1. The van der Waals surface area contributed by atoms with Crippen LogP contribution in [0.2, 0.25) is 0 Å². The number of allylic oxidation sites excluding steroid dienone is 1. The van der Waals surface area contributed by atoms with Gasteiger partial charge in [-0.25, -0.2) is 4.79 Å². The maximum atomic E-state index is 12.1. The van der Waals surface area contributed by atoms with E-state index in [1.807, 2.05) is 18.2 Å². The number of urea groups is 1. The first-order valence-corrected chi connectivity index (χ1v) is 6.13. The highest BCUT2D eigenvalue weighted by Crippen LogP contribution is 2.32. The monoisotopic (exact) mass is 266 g/mol. The molecule has 2 heterocycles. The van der Waals surface area contributed by atoms with Gasteiger partial charge in [0.25, 0.3) is 0 Å². The first-order chi connectivity index (χ1) is 9.56. The number of amides is 3. The third-order valence-corrected chi connectivity index (χ3v) is 3.27. The van der Waals surface area contributed by atoms with Crippen LogP contribution in [0.15, 0.2) is 36.6 Å². The molecular formula is C14H11BN2O3. The van der Waals surface area contributed by atoms with Crippen molar-refractivity contribution in [2.24, 2.45) is 0 Å². The molecule has 0 atom stereocenters. The van der Waals surface area contributed by atoms with Gasteiger partial charge >= 0.3 is 6.03 Å². The molecule has 0 spiro atoms. The SMILES string of the molecule is [B]C(=O)N1CCN(c2ccc3c(c2)OC(=C)C=C3)C1=O. The van der Waals surface area contributed by atoms with Crippen LogP contribution in [0, 0.1) is 0 Å². The van der Waals surface area contributed by atoms with Crippen LogP contribution in [0.25, 0.3) is 6.08 Å². The first-order valence-electron chi connectivity index (χ1n) is 6.13. The zero-order valence-corrected chi connectivity index (χ0v) is 10.7. The first kappa shape index (κ1) is 12.5. The van der Waals surface area contributed by atoms with E-state index < -0.39 is 11.8 Å². The molecule has 0 aromatic heterocycles. The van der Waals surface area contributed by atoms with Gasteiger partial charge in [0.05, 0.1) is 0 Å². The van der Waals surface area contributed by atoms with E-state index in [-0.39, 0.29) is 0 Å². The fourth-order valence-electron chi connectivity index (χ4n) is 2.26. The number of fused-ring (bicyclic) bond motifs is 1. The molecule has 5 nitrogen and oxygen atoms in total. The van der Waals surface area contributed by atoms with Crippen LogP contribution in [0.5, 0.6) is 5.75 Å². The number of imide groups is 1. The van der Waals surface area contributed by atoms with Crippen molar-refractivity contribution in [1.29, 1.82) is 0 Å². The predicted octanol–water partition coefficient (Wildman–Crippen LogP) is 2.14. The zero-order valence-electron chi connectivity index (χ0n) is 10.7. The zero-order chi connectivity index (χ0) is 14.3. The highest BCUT2D eigenvalue weighted by Gasteiger charge is 2.32. The van der Waals surface area contributed by atoms with Crippen molar-refractivity contribution in [3.05, 3.63) is 42.2 Å². The summed E-state index contributed by atoms with van der Waals surface area (Å²) in [6.45, 7) is 4.44. The number of carbonyl (C=O) groups is 2. The second kappa shape index (κ2) is 4.56. The quantitative estimate of drug-likeness (QED) is 0.731. The molecule has 2 radical (unpaired) electrons. The number of benzene rings is 1. The standard InChI is InChI=1S/C14H11BN2O3/c1-9-2-3-10-4-5-11(8-12(10)20-9)16-6-7-17(13(15)18)14(16)19/h2-5,8H,1,6-7H2. The maximum Gasteiger partial charge on any atom is 0.330 e. The number of hydrogen-bond donors (Lipinski definition) is 0. The Kier molecular flexibility index (Phi) is 2.86. The minimum atomic E-state index is -0.733. The van der Waals surface area contributed by atoms with Crippen molar-refractivity contribution in [2.45, 2.75) is 0 Å². The number of anilines is 1. The largest absolute Gasteiger partial charge is 0.457 e. The van der Waals surface area contributed by atoms with Crippen molar-refractivity contribution < 1.29 is 14.3 Å². The minimum absolute atomic E-state index is 0.290. The van der Waals surface area contributed by atoms with Crippen LogP contribution >= 0.6 is 0 Å². The molecule has 1 aromatic carbocycles.